The molecule has 0 unspecified atom stereocenters. The number of guanidine groups is 1. The maximum atomic E-state index is 14.5. The predicted molar refractivity (Wildman–Crippen MR) is 113 cm³/mol. The molecule has 0 atom stereocenters. The number of nitrogens with one attached hydrogen (secondary N) is 2. The summed E-state index contributed by atoms with van der Waals surface area (Å²) in [6.07, 6.45) is 2.92. The summed E-state index contributed by atoms with van der Waals surface area (Å²) in [6, 6.07) is 5.36. The second-order valence-corrected chi connectivity index (χ2v) is 7.71. The van der Waals surface area contributed by atoms with Gasteiger partial charge in [0, 0.05) is 30.7 Å². The zero-order valence-corrected chi connectivity index (χ0v) is 17.3. The summed E-state index contributed by atoms with van der Waals surface area (Å²) >= 11 is 1.70. The Labute approximate surface area is 169 Å². The number of hydrogen-bond acceptors (Lipinski definition) is 5. The van der Waals surface area contributed by atoms with Crippen LogP contribution in [0.1, 0.15) is 29.3 Å². The Hall–Kier alpha value is -2.19. The number of nitrogens with zero attached hydrogens (tertiary/aromatic N) is 3. The van der Waals surface area contributed by atoms with Gasteiger partial charge in [0.15, 0.2) is 5.96 Å². The molecule has 3 rings (SSSR count). The molecule has 2 aromatic rings. The molecule has 0 bridgehead atoms. The summed E-state index contributed by atoms with van der Waals surface area (Å²) in [7, 11) is 0. The molecule has 0 amide bonds. The number of aromatic nitrogens is 1. The van der Waals surface area contributed by atoms with Crippen molar-refractivity contribution in [2.45, 2.75) is 33.4 Å². The smallest absolute Gasteiger partial charge is 0.191 e. The van der Waals surface area contributed by atoms with Crippen LogP contribution in [0.25, 0.3) is 0 Å². The van der Waals surface area contributed by atoms with Gasteiger partial charge in [-0.25, -0.2) is 14.4 Å². The monoisotopic (exact) mass is 405 g/mol. The van der Waals surface area contributed by atoms with E-state index in [1.165, 1.54) is 4.88 Å². The number of anilines is 1. The van der Waals surface area contributed by atoms with E-state index in [2.05, 4.69) is 27.5 Å². The predicted octanol–water partition coefficient (Wildman–Crippen LogP) is 2.94. The third-order valence-electron chi connectivity index (χ3n) is 4.48. The molecular formula is C20H28FN5OS. The number of hydrogen-bond donors (Lipinski definition) is 2. The number of aryl methyl sites for hydroxylation is 1. The van der Waals surface area contributed by atoms with Gasteiger partial charge in [-0.3, -0.25) is 0 Å². The fraction of sp³-hybridized carbons (Fsp3) is 0.500. The zero-order valence-electron chi connectivity index (χ0n) is 16.5. The van der Waals surface area contributed by atoms with E-state index >= 15 is 0 Å². The molecule has 8 heteroatoms. The Morgan fingerprint density at radius 3 is 2.79 bits per heavy atom. The van der Waals surface area contributed by atoms with Crippen LogP contribution in [0, 0.1) is 5.82 Å². The highest BCUT2D eigenvalue weighted by atomic mass is 32.1. The average Bonchev–Trinajstić information content (AvgIpc) is 3.19. The van der Waals surface area contributed by atoms with Gasteiger partial charge in [0.1, 0.15) is 10.8 Å². The summed E-state index contributed by atoms with van der Waals surface area (Å²) in [5, 5.41) is 7.55. The normalized spacial score (nSPS) is 15.0. The van der Waals surface area contributed by atoms with Crippen molar-refractivity contribution in [1.82, 2.24) is 15.6 Å². The molecule has 1 aliphatic heterocycles. The lowest BCUT2D eigenvalue weighted by atomic mass is 10.1. The molecule has 1 aliphatic rings. The van der Waals surface area contributed by atoms with Crippen molar-refractivity contribution in [1.29, 1.82) is 0 Å². The van der Waals surface area contributed by atoms with E-state index in [1.54, 1.807) is 17.4 Å². The molecule has 28 heavy (non-hydrogen) atoms. The Balaban J connectivity index is 1.60. The second kappa shape index (κ2) is 10.4. The van der Waals surface area contributed by atoms with Gasteiger partial charge >= 0.3 is 0 Å². The SMILES string of the molecule is CCNC(=NCc1ccc(N2CCOCC2)c(F)c1)NCc1ncc(CC)s1. The number of rotatable bonds is 7. The minimum absolute atomic E-state index is 0.206. The van der Waals surface area contributed by atoms with Gasteiger partial charge in [0.05, 0.1) is 32.0 Å². The highest BCUT2D eigenvalue weighted by Crippen LogP contribution is 2.22. The number of thiazole rings is 1. The average molecular weight is 406 g/mol. The lowest BCUT2D eigenvalue weighted by molar-refractivity contribution is 0.122. The molecule has 152 valence electrons. The standard InChI is InChI=1S/C20H28FN5OS/c1-3-16-13-23-19(28-16)14-25-20(22-4-2)24-12-15-5-6-18(17(21)11-15)26-7-9-27-10-8-26/h5-6,11,13H,3-4,7-10,12,14H2,1-2H3,(H2,22,24,25). The first-order valence-corrected chi connectivity index (χ1v) is 10.6. The quantitative estimate of drug-likeness (QED) is 0.548. The Bertz CT molecular complexity index is 789. The Morgan fingerprint density at radius 1 is 1.29 bits per heavy atom. The molecule has 2 N–H and O–H groups in total. The first-order valence-electron chi connectivity index (χ1n) is 9.76. The minimum Gasteiger partial charge on any atom is -0.378 e. The Morgan fingerprint density at radius 2 is 2.11 bits per heavy atom. The third-order valence-corrected chi connectivity index (χ3v) is 5.63. The van der Waals surface area contributed by atoms with Crippen LogP contribution in [0.15, 0.2) is 29.4 Å². The van der Waals surface area contributed by atoms with Gasteiger partial charge < -0.3 is 20.3 Å². The maximum Gasteiger partial charge on any atom is 0.191 e. The van der Waals surface area contributed by atoms with Crippen LogP contribution in [0.3, 0.4) is 0 Å². The highest BCUT2D eigenvalue weighted by Gasteiger charge is 2.15. The van der Waals surface area contributed by atoms with Gasteiger partial charge in [-0.05, 0) is 31.0 Å². The first-order chi connectivity index (χ1) is 13.7. The van der Waals surface area contributed by atoms with E-state index in [1.807, 2.05) is 30.2 Å². The number of halogens is 1. The van der Waals surface area contributed by atoms with Gasteiger partial charge in [-0.15, -0.1) is 11.3 Å². The molecule has 6 nitrogen and oxygen atoms in total. The van der Waals surface area contributed by atoms with E-state index in [9.17, 15) is 4.39 Å². The van der Waals surface area contributed by atoms with Gasteiger partial charge in [-0.2, -0.15) is 0 Å². The Kier molecular flexibility index (Phi) is 7.62. The van der Waals surface area contributed by atoms with Crippen LogP contribution in [0.4, 0.5) is 10.1 Å². The maximum absolute atomic E-state index is 14.5. The third kappa shape index (κ3) is 5.65. The first kappa shape index (κ1) is 20.5. The van der Waals surface area contributed by atoms with E-state index in [4.69, 9.17) is 4.74 Å². The molecule has 0 radical (unpaired) electrons. The molecule has 1 fully saturated rings. The molecular weight excluding hydrogens is 377 g/mol. The van der Waals surface area contributed by atoms with Crippen molar-refractivity contribution in [3.05, 3.63) is 45.7 Å². The van der Waals surface area contributed by atoms with E-state index in [0.29, 0.717) is 38.0 Å². The number of morpholine rings is 1. The van der Waals surface area contributed by atoms with Gasteiger partial charge in [-0.1, -0.05) is 13.0 Å². The lowest BCUT2D eigenvalue weighted by Crippen LogP contribution is -2.37. The largest absolute Gasteiger partial charge is 0.378 e. The fourth-order valence-electron chi connectivity index (χ4n) is 2.97. The van der Waals surface area contributed by atoms with Crippen molar-refractivity contribution in [3.8, 4) is 0 Å². The lowest BCUT2D eigenvalue weighted by Gasteiger charge is -2.29. The minimum atomic E-state index is -0.206. The van der Waals surface area contributed by atoms with E-state index in [0.717, 1.165) is 36.6 Å². The van der Waals surface area contributed by atoms with E-state index in [-0.39, 0.29) is 5.82 Å². The summed E-state index contributed by atoms with van der Waals surface area (Å²) < 4.78 is 19.9. The fourth-order valence-corrected chi connectivity index (χ4v) is 3.78. The van der Waals surface area contributed by atoms with Crippen LogP contribution in [-0.4, -0.2) is 43.8 Å². The van der Waals surface area contributed by atoms with Crippen LogP contribution in [0.5, 0.6) is 0 Å². The van der Waals surface area contributed by atoms with E-state index < -0.39 is 0 Å². The molecule has 1 aromatic carbocycles. The number of aliphatic imine (C=N–C) groups is 1. The van der Waals surface area contributed by atoms with Crippen LogP contribution in [-0.2, 0) is 24.2 Å². The molecule has 0 spiro atoms. The summed E-state index contributed by atoms with van der Waals surface area (Å²) in [5.41, 5.74) is 1.48. The van der Waals surface area contributed by atoms with Gasteiger partial charge in [0.25, 0.3) is 0 Å². The van der Waals surface area contributed by atoms with Crippen molar-refractivity contribution in [2.75, 3.05) is 37.7 Å². The molecule has 2 heterocycles. The van der Waals surface area contributed by atoms with Gasteiger partial charge in [0.2, 0.25) is 0 Å². The van der Waals surface area contributed by atoms with Crippen LogP contribution < -0.4 is 15.5 Å². The number of ether oxygens (including phenoxy) is 1. The van der Waals surface area contributed by atoms with Crippen molar-refractivity contribution < 1.29 is 9.13 Å². The highest BCUT2D eigenvalue weighted by molar-refractivity contribution is 7.11. The van der Waals surface area contributed by atoms with Crippen molar-refractivity contribution in [2.24, 2.45) is 4.99 Å². The summed E-state index contributed by atoms with van der Waals surface area (Å²) in [6.45, 7) is 8.66. The molecule has 1 saturated heterocycles. The molecule has 0 saturated carbocycles. The van der Waals surface area contributed by atoms with Crippen molar-refractivity contribution in [3.63, 3.8) is 0 Å². The summed E-state index contributed by atoms with van der Waals surface area (Å²) in [4.78, 5) is 12.3. The van der Waals surface area contributed by atoms with Crippen molar-refractivity contribution >= 4 is 23.0 Å². The second-order valence-electron chi connectivity index (χ2n) is 6.51. The molecule has 1 aromatic heterocycles. The van der Waals surface area contributed by atoms with Crippen LogP contribution in [0.2, 0.25) is 0 Å². The summed E-state index contributed by atoms with van der Waals surface area (Å²) in [5.74, 6) is 0.496. The zero-order chi connectivity index (χ0) is 19.8. The van der Waals surface area contributed by atoms with Crippen LogP contribution >= 0.6 is 11.3 Å². The topological polar surface area (TPSA) is 61.8 Å². The number of benzene rings is 1. The molecule has 0 aliphatic carbocycles.